The summed E-state index contributed by atoms with van der Waals surface area (Å²) in [5, 5.41) is 0. The van der Waals surface area contributed by atoms with Gasteiger partial charge in [-0.05, 0) is 12.6 Å². The zero-order chi connectivity index (χ0) is 7.11. The Hall–Kier alpha value is -0.790. The van der Waals surface area contributed by atoms with E-state index in [0.717, 1.165) is 19.3 Å². The van der Waals surface area contributed by atoms with E-state index in [1.807, 2.05) is 11.9 Å². The maximum absolute atomic E-state index is 9.83. The van der Waals surface area contributed by atoms with E-state index in [0.29, 0.717) is 6.42 Å². The highest BCUT2D eigenvalue weighted by Gasteiger charge is 1.87. The van der Waals surface area contributed by atoms with Crippen LogP contribution in [0.4, 0.5) is 0 Å². The van der Waals surface area contributed by atoms with Gasteiger partial charge in [0.2, 0.25) is 0 Å². The quantitative estimate of drug-likeness (QED) is 0.406. The molecule has 0 saturated heterocycles. The minimum atomic E-state index is 0.651. The molecule has 0 heterocycles. The molecule has 0 radical (unpaired) electrons. The Balaban J connectivity index is 3.05. The number of hydrogen-bond acceptors (Lipinski definition) is 2. The van der Waals surface area contributed by atoms with Gasteiger partial charge in [0.25, 0.3) is 0 Å². The molecule has 0 fully saturated rings. The van der Waals surface area contributed by atoms with Crippen molar-refractivity contribution in [2.24, 2.45) is 0 Å². The van der Waals surface area contributed by atoms with E-state index in [2.05, 4.69) is 6.58 Å². The molecule has 0 rings (SSSR count). The van der Waals surface area contributed by atoms with E-state index in [-0.39, 0.29) is 0 Å². The van der Waals surface area contributed by atoms with Crippen LogP contribution in [0.15, 0.2) is 12.8 Å². The Morgan fingerprint density at radius 2 is 2.33 bits per heavy atom. The van der Waals surface area contributed by atoms with Crippen molar-refractivity contribution < 1.29 is 4.79 Å². The highest BCUT2D eigenvalue weighted by molar-refractivity contribution is 5.48. The summed E-state index contributed by atoms with van der Waals surface area (Å²) in [7, 11) is 1.94. The molecule has 2 nitrogen and oxygen atoms in total. The predicted molar refractivity (Wildman–Crippen MR) is 38.1 cm³/mol. The van der Waals surface area contributed by atoms with Gasteiger partial charge in [0, 0.05) is 20.0 Å². The third kappa shape index (κ3) is 5.07. The van der Waals surface area contributed by atoms with Crippen LogP contribution in [-0.2, 0) is 4.79 Å². The third-order valence-corrected chi connectivity index (χ3v) is 1.14. The van der Waals surface area contributed by atoms with E-state index >= 15 is 0 Å². The van der Waals surface area contributed by atoms with Gasteiger partial charge in [0.1, 0.15) is 6.29 Å². The minimum absolute atomic E-state index is 0.651. The van der Waals surface area contributed by atoms with Crippen molar-refractivity contribution in [2.75, 3.05) is 13.6 Å². The molecule has 0 aliphatic rings. The van der Waals surface area contributed by atoms with E-state index in [1.165, 1.54) is 0 Å². The lowest BCUT2D eigenvalue weighted by Crippen LogP contribution is -2.11. The zero-order valence-electron chi connectivity index (χ0n) is 5.84. The molecule has 0 aliphatic carbocycles. The van der Waals surface area contributed by atoms with Crippen molar-refractivity contribution in [3.05, 3.63) is 12.8 Å². The average molecular weight is 127 g/mol. The molecule has 0 saturated carbocycles. The molecule has 0 aromatic rings. The number of carbonyl (C=O) groups is 1. The SMILES string of the molecule is C=CN(C)CCCC=O. The molecule has 0 bridgehead atoms. The molecule has 0 aliphatic heterocycles. The lowest BCUT2D eigenvalue weighted by Gasteiger charge is -2.10. The van der Waals surface area contributed by atoms with E-state index < -0.39 is 0 Å². The van der Waals surface area contributed by atoms with E-state index in [1.54, 1.807) is 6.20 Å². The maximum atomic E-state index is 9.83. The van der Waals surface area contributed by atoms with Crippen molar-refractivity contribution in [3.8, 4) is 0 Å². The monoisotopic (exact) mass is 127 g/mol. The smallest absolute Gasteiger partial charge is 0.120 e. The average Bonchev–Trinajstić information content (AvgIpc) is 1.89. The molecule has 52 valence electrons. The van der Waals surface area contributed by atoms with Crippen molar-refractivity contribution in [1.82, 2.24) is 4.90 Å². The van der Waals surface area contributed by atoms with Gasteiger partial charge in [0.15, 0.2) is 0 Å². The summed E-state index contributed by atoms with van der Waals surface area (Å²) in [6.07, 6.45) is 4.27. The van der Waals surface area contributed by atoms with Crippen molar-refractivity contribution in [3.63, 3.8) is 0 Å². The first-order valence-electron chi connectivity index (χ1n) is 3.07. The van der Waals surface area contributed by atoms with Gasteiger partial charge in [0.05, 0.1) is 0 Å². The van der Waals surface area contributed by atoms with Gasteiger partial charge in [-0.15, -0.1) is 0 Å². The highest BCUT2D eigenvalue weighted by atomic mass is 16.1. The Morgan fingerprint density at radius 1 is 1.67 bits per heavy atom. The van der Waals surface area contributed by atoms with Gasteiger partial charge >= 0.3 is 0 Å². The predicted octanol–water partition coefficient (Wildman–Crippen LogP) is 1.04. The van der Waals surface area contributed by atoms with Crippen LogP contribution in [0.1, 0.15) is 12.8 Å². The second kappa shape index (κ2) is 5.35. The van der Waals surface area contributed by atoms with Crippen LogP contribution in [0.25, 0.3) is 0 Å². The maximum Gasteiger partial charge on any atom is 0.120 e. The Morgan fingerprint density at radius 3 is 2.78 bits per heavy atom. The molecule has 0 amide bonds. The highest BCUT2D eigenvalue weighted by Crippen LogP contribution is 1.88. The fourth-order valence-electron chi connectivity index (χ4n) is 0.515. The van der Waals surface area contributed by atoms with Gasteiger partial charge < -0.3 is 9.69 Å². The second-order valence-corrected chi connectivity index (χ2v) is 1.97. The van der Waals surface area contributed by atoms with Crippen LogP contribution in [0.2, 0.25) is 0 Å². The first kappa shape index (κ1) is 8.21. The molecule has 0 aromatic carbocycles. The Bertz CT molecular complexity index is 90.9. The van der Waals surface area contributed by atoms with Gasteiger partial charge in [-0.2, -0.15) is 0 Å². The molecule has 0 atom stereocenters. The largest absolute Gasteiger partial charge is 0.381 e. The Labute approximate surface area is 56.2 Å². The summed E-state index contributed by atoms with van der Waals surface area (Å²) in [5.41, 5.74) is 0. The molecular weight excluding hydrogens is 114 g/mol. The molecular formula is C7H13NO. The summed E-state index contributed by atoms with van der Waals surface area (Å²) in [6.45, 7) is 4.50. The molecule has 9 heavy (non-hydrogen) atoms. The first-order chi connectivity index (χ1) is 4.31. The van der Waals surface area contributed by atoms with Crippen molar-refractivity contribution >= 4 is 6.29 Å². The number of rotatable bonds is 5. The molecule has 0 aromatic heterocycles. The van der Waals surface area contributed by atoms with Crippen LogP contribution >= 0.6 is 0 Å². The number of nitrogens with zero attached hydrogens (tertiary/aromatic N) is 1. The van der Waals surface area contributed by atoms with Crippen molar-refractivity contribution in [2.45, 2.75) is 12.8 Å². The number of unbranched alkanes of at least 4 members (excludes halogenated alkanes) is 1. The fraction of sp³-hybridized carbons (Fsp3) is 0.571. The zero-order valence-corrected chi connectivity index (χ0v) is 5.84. The van der Waals surface area contributed by atoms with E-state index in [4.69, 9.17) is 0 Å². The van der Waals surface area contributed by atoms with Crippen LogP contribution in [0.3, 0.4) is 0 Å². The van der Waals surface area contributed by atoms with Gasteiger partial charge in [-0.1, -0.05) is 6.58 Å². The minimum Gasteiger partial charge on any atom is -0.381 e. The van der Waals surface area contributed by atoms with Crippen LogP contribution in [0, 0.1) is 0 Å². The standard InChI is InChI=1S/C7H13NO/c1-3-8(2)6-4-5-7-9/h3,7H,1,4-6H2,2H3. The first-order valence-corrected chi connectivity index (χ1v) is 3.07. The lowest BCUT2D eigenvalue weighted by molar-refractivity contribution is -0.107. The van der Waals surface area contributed by atoms with Crippen molar-refractivity contribution in [1.29, 1.82) is 0 Å². The second-order valence-electron chi connectivity index (χ2n) is 1.97. The van der Waals surface area contributed by atoms with Crippen LogP contribution < -0.4 is 0 Å². The molecule has 0 N–H and O–H groups in total. The normalized spacial score (nSPS) is 8.56. The summed E-state index contributed by atoms with van der Waals surface area (Å²) in [5.74, 6) is 0. The van der Waals surface area contributed by atoms with Crippen LogP contribution in [0.5, 0.6) is 0 Å². The topological polar surface area (TPSA) is 20.3 Å². The Kier molecular flexibility index (Phi) is 4.88. The molecule has 0 spiro atoms. The van der Waals surface area contributed by atoms with E-state index in [9.17, 15) is 4.79 Å². The third-order valence-electron chi connectivity index (χ3n) is 1.14. The fourth-order valence-corrected chi connectivity index (χ4v) is 0.515. The summed E-state index contributed by atoms with van der Waals surface area (Å²) in [6, 6.07) is 0. The molecule has 0 unspecified atom stereocenters. The number of hydrogen-bond donors (Lipinski definition) is 0. The number of carbonyl (C=O) groups excluding carboxylic acids is 1. The number of aldehydes is 1. The van der Waals surface area contributed by atoms with Gasteiger partial charge in [-0.3, -0.25) is 0 Å². The van der Waals surface area contributed by atoms with Gasteiger partial charge in [-0.25, -0.2) is 0 Å². The summed E-state index contributed by atoms with van der Waals surface area (Å²) in [4.78, 5) is 11.8. The van der Waals surface area contributed by atoms with Crippen LogP contribution in [-0.4, -0.2) is 24.8 Å². The summed E-state index contributed by atoms with van der Waals surface area (Å²) < 4.78 is 0. The molecule has 2 heteroatoms. The summed E-state index contributed by atoms with van der Waals surface area (Å²) >= 11 is 0. The lowest BCUT2D eigenvalue weighted by atomic mass is 10.3.